The Hall–Kier alpha value is -1.14. The van der Waals surface area contributed by atoms with Crippen LogP contribution in [-0.2, 0) is 11.3 Å². The van der Waals surface area contributed by atoms with Crippen molar-refractivity contribution in [2.24, 2.45) is 17.2 Å². The lowest BCUT2D eigenvalue weighted by Crippen LogP contribution is -2.29. The largest absolute Gasteiger partial charge is 0.337 e. The van der Waals surface area contributed by atoms with Gasteiger partial charge in [0.2, 0.25) is 5.91 Å². The maximum absolute atomic E-state index is 12.2. The number of hydrazine groups is 1. The highest BCUT2D eigenvalue weighted by atomic mass is 32.1. The van der Waals surface area contributed by atoms with Crippen molar-refractivity contribution >= 4 is 22.4 Å². The van der Waals surface area contributed by atoms with Crippen molar-refractivity contribution in [2.75, 3.05) is 12.0 Å². The lowest BCUT2D eigenvalue weighted by Gasteiger charge is -2.29. The summed E-state index contributed by atoms with van der Waals surface area (Å²) >= 11 is 1.50. The van der Waals surface area contributed by atoms with E-state index in [9.17, 15) is 4.79 Å². The highest BCUT2D eigenvalue weighted by molar-refractivity contribution is 7.15. The van der Waals surface area contributed by atoms with Crippen LogP contribution in [0.2, 0.25) is 0 Å². The van der Waals surface area contributed by atoms with Crippen molar-refractivity contribution < 1.29 is 4.79 Å². The van der Waals surface area contributed by atoms with Gasteiger partial charge in [-0.25, -0.2) is 10.8 Å². The third kappa shape index (κ3) is 3.70. The molecule has 1 aromatic heterocycles. The van der Waals surface area contributed by atoms with Crippen LogP contribution >= 0.6 is 11.3 Å². The van der Waals surface area contributed by atoms with Gasteiger partial charge in [0, 0.05) is 24.0 Å². The maximum Gasteiger partial charge on any atom is 0.222 e. The second-order valence-electron chi connectivity index (χ2n) is 6.48. The monoisotopic (exact) mass is 296 g/mol. The number of rotatable bonds is 3. The minimum atomic E-state index is 0.257. The molecule has 1 aromatic rings. The normalized spacial score (nSPS) is 20.9. The number of likely N-dealkylation sites (tertiary alicyclic amines) is 1. The van der Waals surface area contributed by atoms with Gasteiger partial charge in [0.25, 0.3) is 0 Å². The smallest absolute Gasteiger partial charge is 0.222 e. The molecule has 1 saturated heterocycles. The Balaban J connectivity index is 2.00. The van der Waals surface area contributed by atoms with E-state index in [0.29, 0.717) is 24.0 Å². The molecule has 1 amide bonds. The van der Waals surface area contributed by atoms with Crippen LogP contribution in [0, 0.1) is 11.3 Å². The summed E-state index contributed by atoms with van der Waals surface area (Å²) in [5, 5.41) is 0.690. The number of thiazole rings is 1. The van der Waals surface area contributed by atoms with E-state index in [2.05, 4.69) is 31.2 Å². The van der Waals surface area contributed by atoms with Gasteiger partial charge in [-0.3, -0.25) is 10.2 Å². The van der Waals surface area contributed by atoms with E-state index in [4.69, 9.17) is 5.84 Å². The van der Waals surface area contributed by atoms with Crippen molar-refractivity contribution in [3.63, 3.8) is 0 Å². The molecule has 2 heterocycles. The fourth-order valence-electron chi connectivity index (χ4n) is 2.71. The molecule has 1 aliphatic rings. The lowest BCUT2D eigenvalue weighted by molar-refractivity contribution is -0.131. The number of nitrogens with two attached hydrogens (primary N) is 1. The number of amides is 1. The Morgan fingerprint density at radius 2 is 2.25 bits per heavy atom. The fraction of sp³-hybridized carbons (Fsp3) is 0.714. The van der Waals surface area contributed by atoms with Gasteiger partial charge < -0.3 is 4.90 Å². The molecule has 112 valence electrons. The van der Waals surface area contributed by atoms with E-state index in [1.54, 1.807) is 6.20 Å². The van der Waals surface area contributed by atoms with Crippen molar-refractivity contribution in [1.82, 2.24) is 9.88 Å². The predicted molar refractivity (Wildman–Crippen MR) is 82.1 cm³/mol. The topological polar surface area (TPSA) is 71.2 Å². The summed E-state index contributed by atoms with van der Waals surface area (Å²) < 4.78 is 0. The van der Waals surface area contributed by atoms with Crippen molar-refractivity contribution in [2.45, 2.75) is 46.6 Å². The zero-order chi connectivity index (χ0) is 14.8. The summed E-state index contributed by atoms with van der Waals surface area (Å²) in [6.45, 7) is 8.28. The lowest BCUT2D eigenvalue weighted by atomic mass is 9.77. The molecule has 0 spiro atoms. The molecule has 0 radical (unpaired) electrons. The molecule has 1 aliphatic heterocycles. The molecule has 1 fully saturated rings. The molecule has 1 atom stereocenters. The van der Waals surface area contributed by atoms with E-state index in [-0.39, 0.29) is 11.3 Å². The Morgan fingerprint density at radius 3 is 2.85 bits per heavy atom. The molecular weight excluding hydrogens is 272 g/mol. The Bertz CT molecular complexity index is 466. The van der Waals surface area contributed by atoms with Crippen LogP contribution in [0.25, 0.3) is 0 Å². The summed E-state index contributed by atoms with van der Waals surface area (Å²) in [7, 11) is 0. The molecule has 0 aromatic carbocycles. The van der Waals surface area contributed by atoms with E-state index >= 15 is 0 Å². The van der Waals surface area contributed by atoms with Gasteiger partial charge >= 0.3 is 0 Å². The van der Waals surface area contributed by atoms with Crippen LogP contribution in [0.3, 0.4) is 0 Å². The summed E-state index contributed by atoms with van der Waals surface area (Å²) in [5.41, 5.74) is 2.81. The number of aromatic nitrogens is 1. The number of nitrogens with one attached hydrogen (secondary N) is 1. The minimum Gasteiger partial charge on any atom is -0.337 e. The third-order valence-electron chi connectivity index (χ3n) is 4.06. The Morgan fingerprint density at radius 1 is 1.50 bits per heavy atom. The van der Waals surface area contributed by atoms with Gasteiger partial charge in [-0.1, -0.05) is 32.1 Å². The molecule has 0 bridgehead atoms. The number of carbonyl (C=O) groups excluding carboxylic acids is 1. The number of carbonyl (C=O) groups is 1. The fourth-order valence-corrected chi connectivity index (χ4v) is 3.44. The molecule has 1 unspecified atom stereocenters. The second-order valence-corrected chi connectivity index (χ2v) is 7.60. The first-order valence-corrected chi connectivity index (χ1v) is 7.91. The molecule has 0 saturated carbocycles. The average Bonchev–Trinajstić information content (AvgIpc) is 2.74. The number of anilines is 1. The molecule has 2 rings (SSSR count). The quantitative estimate of drug-likeness (QED) is 0.664. The van der Waals surface area contributed by atoms with Gasteiger partial charge in [-0.05, 0) is 24.2 Å². The van der Waals surface area contributed by atoms with Gasteiger partial charge in [0.1, 0.15) is 0 Å². The van der Waals surface area contributed by atoms with Crippen LogP contribution in [0.5, 0.6) is 0 Å². The van der Waals surface area contributed by atoms with E-state index < -0.39 is 0 Å². The van der Waals surface area contributed by atoms with Crippen LogP contribution in [0.15, 0.2) is 6.20 Å². The molecule has 20 heavy (non-hydrogen) atoms. The number of nitrogens with zero attached hydrogens (tertiary/aromatic N) is 2. The number of hydrogen-bond donors (Lipinski definition) is 2. The average molecular weight is 296 g/mol. The first-order valence-electron chi connectivity index (χ1n) is 7.09. The van der Waals surface area contributed by atoms with Gasteiger partial charge in [-0.2, -0.15) is 0 Å². The third-order valence-corrected chi connectivity index (χ3v) is 4.97. The standard InChI is InChI=1S/C14H24N4OS/c1-14(2,3)10-4-5-12(19)18(7-6-10)9-11-8-16-13(17-15)20-11/h8,10H,4-7,9,15H2,1-3H3,(H,16,17). The van der Waals surface area contributed by atoms with E-state index in [1.165, 1.54) is 11.3 Å². The van der Waals surface area contributed by atoms with Crippen molar-refractivity contribution in [3.8, 4) is 0 Å². The number of hydrogen-bond acceptors (Lipinski definition) is 5. The first-order chi connectivity index (χ1) is 9.40. The van der Waals surface area contributed by atoms with E-state index in [1.807, 2.05) is 4.90 Å². The molecule has 3 N–H and O–H groups in total. The van der Waals surface area contributed by atoms with Crippen molar-refractivity contribution in [1.29, 1.82) is 0 Å². The highest BCUT2D eigenvalue weighted by Gasteiger charge is 2.30. The van der Waals surface area contributed by atoms with E-state index in [0.717, 1.165) is 24.3 Å². The maximum atomic E-state index is 12.2. The van der Waals surface area contributed by atoms with Crippen molar-refractivity contribution in [3.05, 3.63) is 11.1 Å². The van der Waals surface area contributed by atoms with Gasteiger partial charge in [-0.15, -0.1) is 0 Å². The summed E-state index contributed by atoms with van der Waals surface area (Å²) in [4.78, 5) is 19.4. The SMILES string of the molecule is CC(C)(C)C1CCC(=O)N(Cc2cnc(NN)s2)CC1. The van der Waals surface area contributed by atoms with Crippen LogP contribution in [0.4, 0.5) is 5.13 Å². The molecule has 0 aliphatic carbocycles. The van der Waals surface area contributed by atoms with Crippen LogP contribution in [-0.4, -0.2) is 22.3 Å². The predicted octanol–water partition coefficient (Wildman–Crippen LogP) is 2.60. The summed E-state index contributed by atoms with van der Waals surface area (Å²) in [6, 6.07) is 0. The van der Waals surface area contributed by atoms with Crippen LogP contribution in [0.1, 0.15) is 44.9 Å². The summed E-state index contributed by atoms with van der Waals surface area (Å²) in [6.07, 6.45) is 4.52. The molecule has 6 heteroatoms. The van der Waals surface area contributed by atoms with Crippen LogP contribution < -0.4 is 11.3 Å². The van der Waals surface area contributed by atoms with Gasteiger partial charge in [0.05, 0.1) is 6.54 Å². The van der Waals surface area contributed by atoms with Gasteiger partial charge in [0.15, 0.2) is 5.13 Å². The molecular formula is C14H24N4OS. The second kappa shape index (κ2) is 6.10. The minimum absolute atomic E-state index is 0.257. The summed E-state index contributed by atoms with van der Waals surface area (Å²) in [5.74, 6) is 6.20. The first kappa shape index (κ1) is 15.3. The Labute approximate surface area is 124 Å². The highest BCUT2D eigenvalue weighted by Crippen LogP contribution is 2.35. The zero-order valence-corrected chi connectivity index (χ0v) is 13.3. The zero-order valence-electron chi connectivity index (χ0n) is 12.5. The number of nitrogen functional groups attached to an aromatic ring is 1. The molecule has 5 nitrogen and oxygen atoms in total. The Kier molecular flexibility index (Phi) is 4.65.